The van der Waals surface area contributed by atoms with E-state index >= 15 is 0 Å². The first-order valence-electron chi connectivity index (χ1n) is 7.89. The molecule has 0 bridgehead atoms. The first-order chi connectivity index (χ1) is 11.3. The van der Waals surface area contributed by atoms with Gasteiger partial charge in [0, 0.05) is 13.1 Å². The Kier molecular flexibility index (Phi) is 6.92. The number of rotatable bonds is 9. The maximum Gasteiger partial charge on any atom is 0.307 e. The first-order valence-corrected chi connectivity index (χ1v) is 10.3. The lowest BCUT2D eigenvalue weighted by Gasteiger charge is -2.22. The highest BCUT2D eigenvalue weighted by atomic mass is 35.5. The zero-order chi connectivity index (χ0) is 17.7. The fourth-order valence-corrected chi connectivity index (χ4v) is 4.22. The van der Waals surface area contributed by atoms with E-state index in [0.29, 0.717) is 28.1 Å². The quantitative estimate of drug-likeness (QED) is 0.602. The predicted octanol–water partition coefficient (Wildman–Crippen LogP) is 3.49. The van der Waals surface area contributed by atoms with Gasteiger partial charge in [0.25, 0.3) is 0 Å². The zero-order valence-electron chi connectivity index (χ0n) is 13.5. The van der Waals surface area contributed by atoms with E-state index in [-0.39, 0.29) is 31.3 Å². The summed E-state index contributed by atoms with van der Waals surface area (Å²) >= 11 is 11.8. The van der Waals surface area contributed by atoms with Gasteiger partial charge in [-0.1, -0.05) is 29.3 Å². The largest absolute Gasteiger partial charge is 0.466 e. The van der Waals surface area contributed by atoms with Crippen LogP contribution in [0.1, 0.15) is 31.7 Å². The van der Waals surface area contributed by atoms with E-state index < -0.39 is 10.0 Å². The van der Waals surface area contributed by atoms with Crippen LogP contribution in [0.5, 0.6) is 0 Å². The van der Waals surface area contributed by atoms with Crippen LogP contribution in [-0.2, 0) is 25.3 Å². The maximum atomic E-state index is 12.7. The molecule has 0 amide bonds. The average molecular weight is 394 g/mol. The minimum atomic E-state index is -3.55. The van der Waals surface area contributed by atoms with Crippen LogP contribution in [0, 0.1) is 5.92 Å². The van der Waals surface area contributed by atoms with Gasteiger partial charge in [-0.05, 0) is 43.4 Å². The summed E-state index contributed by atoms with van der Waals surface area (Å²) in [6.45, 7) is 2.60. The number of halogens is 2. The second kappa shape index (κ2) is 8.52. The van der Waals surface area contributed by atoms with Crippen LogP contribution in [0.2, 0.25) is 10.0 Å². The van der Waals surface area contributed by atoms with Gasteiger partial charge in [-0.15, -0.1) is 0 Å². The lowest BCUT2D eigenvalue weighted by molar-refractivity contribution is -0.143. The normalized spacial score (nSPS) is 14.8. The van der Waals surface area contributed by atoms with Crippen molar-refractivity contribution in [2.75, 3.05) is 19.7 Å². The van der Waals surface area contributed by atoms with Crippen molar-refractivity contribution < 1.29 is 17.9 Å². The second-order valence-electron chi connectivity index (χ2n) is 5.86. The van der Waals surface area contributed by atoms with Gasteiger partial charge < -0.3 is 4.74 Å². The van der Waals surface area contributed by atoms with Gasteiger partial charge in [-0.2, -0.15) is 0 Å². The number of carbonyl (C=O) groups excluding carboxylic acids is 1. The van der Waals surface area contributed by atoms with Crippen molar-refractivity contribution >= 4 is 39.2 Å². The molecule has 0 saturated heterocycles. The summed E-state index contributed by atoms with van der Waals surface area (Å²) in [5, 5.41) is 0.708. The van der Waals surface area contributed by atoms with E-state index in [0.717, 1.165) is 12.8 Å². The molecule has 0 N–H and O–H groups in total. The summed E-state index contributed by atoms with van der Waals surface area (Å²) in [6.07, 6.45) is 2.11. The molecule has 1 fully saturated rings. The zero-order valence-corrected chi connectivity index (χ0v) is 15.8. The number of benzene rings is 1. The summed E-state index contributed by atoms with van der Waals surface area (Å²) in [6, 6.07) is 4.78. The molecule has 8 heteroatoms. The predicted molar refractivity (Wildman–Crippen MR) is 94.6 cm³/mol. The molecule has 0 radical (unpaired) electrons. The number of nitrogens with zero attached hydrogens (tertiary/aromatic N) is 1. The van der Waals surface area contributed by atoms with Crippen LogP contribution >= 0.6 is 23.2 Å². The number of hydrogen-bond acceptors (Lipinski definition) is 4. The monoisotopic (exact) mass is 393 g/mol. The Morgan fingerprint density at radius 2 is 2.00 bits per heavy atom. The fraction of sp³-hybridized carbons (Fsp3) is 0.562. The Morgan fingerprint density at radius 1 is 1.29 bits per heavy atom. The number of sulfonamides is 1. The van der Waals surface area contributed by atoms with Crippen molar-refractivity contribution in [1.82, 2.24) is 4.31 Å². The Hall–Kier alpha value is -0.820. The molecular formula is C16H21Cl2NO4S. The third-order valence-electron chi connectivity index (χ3n) is 3.76. The first kappa shape index (κ1) is 19.5. The van der Waals surface area contributed by atoms with Crippen molar-refractivity contribution in [2.24, 2.45) is 5.92 Å². The van der Waals surface area contributed by atoms with Gasteiger partial charge >= 0.3 is 5.97 Å². The van der Waals surface area contributed by atoms with E-state index in [2.05, 4.69) is 0 Å². The Bertz CT molecular complexity index is 689. The van der Waals surface area contributed by atoms with Crippen molar-refractivity contribution in [3.63, 3.8) is 0 Å². The molecule has 1 aromatic carbocycles. The van der Waals surface area contributed by atoms with E-state index in [9.17, 15) is 13.2 Å². The third-order valence-corrected chi connectivity index (χ3v) is 6.31. The van der Waals surface area contributed by atoms with Gasteiger partial charge in [-0.3, -0.25) is 4.79 Å². The standard InChI is InChI=1S/C16H21Cl2NO4S/c1-2-23-16(20)7-8-19(10-12-3-4-12)24(21,22)11-13-5-6-14(17)15(18)9-13/h5-6,9,12H,2-4,7-8,10-11H2,1H3. The van der Waals surface area contributed by atoms with Gasteiger partial charge in [0.2, 0.25) is 10.0 Å². The lowest BCUT2D eigenvalue weighted by atomic mass is 10.2. The van der Waals surface area contributed by atoms with Crippen molar-refractivity contribution in [3.05, 3.63) is 33.8 Å². The molecule has 1 saturated carbocycles. The Morgan fingerprint density at radius 3 is 2.58 bits per heavy atom. The molecule has 1 aliphatic carbocycles. The molecule has 2 rings (SSSR count). The molecule has 24 heavy (non-hydrogen) atoms. The maximum absolute atomic E-state index is 12.7. The van der Waals surface area contributed by atoms with E-state index in [1.807, 2.05) is 0 Å². The highest BCUT2D eigenvalue weighted by molar-refractivity contribution is 7.88. The molecule has 1 aromatic rings. The lowest BCUT2D eigenvalue weighted by Crippen LogP contribution is -2.36. The molecule has 0 atom stereocenters. The Labute approximate surface area is 152 Å². The smallest absolute Gasteiger partial charge is 0.307 e. The van der Waals surface area contributed by atoms with Crippen LogP contribution in [0.3, 0.4) is 0 Å². The molecule has 0 unspecified atom stereocenters. The van der Waals surface area contributed by atoms with Crippen LogP contribution in [-0.4, -0.2) is 38.4 Å². The van der Waals surface area contributed by atoms with E-state index in [1.54, 1.807) is 25.1 Å². The number of hydrogen-bond donors (Lipinski definition) is 0. The van der Waals surface area contributed by atoms with Crippen molar-refractivity contribution in [1.29, 1.82) is 0 Å². The summed E-state index contributed by atoms with van der Waals surface area (Å²) in [7, 11) is -3.55. The molecule has 0 spiro atoms. The van der Waals surface area contributed by atoms with Crippen LogP contribution in [0.15, 0.2) is 18.2 Å². The molecule has 0 aromatic heterocycles. The van der Waals surface area contributed by atoms with E-state index in [1.165, 1.54) is 4.31 Å². The van der Waals surface area contributed by atoms with Crippen molar-refractivity contribution in [3.8, 4) is 0 Å². The van der Waals surface area contributed by atoms with Gasteiger partial charge in [0.15, 0.2) is 0 Å². The Balaban J connectivity index is 2.07. The minimum Gasteiger partial charge on any atom is -0.466 e. The van der Waals surface area contributed by atoms with Crippen molar-refractivity contribution in [2.45, 2.75) is 31.9 Å². The molecule has 0 aliphatic heterocycles. The van der Waals surface area contributed by atoms with E-state index in [4.69, 9.17) is 27.9 Å². The summed E-state index contributed by atoms with van der Waals surface area (Å²) in [5.74, 6) is -0.168. The highest BCUT2D eigenvalue weighted by Gasteiger charge is 2.31. The number of esters is 1. The highest BCUT2D eigenvalue weighted by Crippen LogP contribution is 2.31. The second-order valence-corrected chi connectivity index (χ2v) is 8.64. The van der Waals surface area contributed by atoms with Gasteiger partial charge in [0.05, 0.1) is 28.8 Å². The number of carbonyl (C=O) groups is 1. The summed E-state index contributed by atoms with van der Waals surface area (Å²) in [5.41, 5.74) is 0.571. The number of ether oxygens (including phenoxy) is 1. The van der Waals surface area contributed by atoms with Crippen LogP contribution in [0.4, 0.5) is 0 Å². The average Bonchev–Trinajstić information content (AvgIpc) is 3.31. The molecule has 134 valence electrons. The molecule has 1 aliphatic rings. The van der Waals surface area contributed by atoms with Gasteiger partial charge in [-0.25, -0.2) is 12.7 Å². The SMILES string of the molecule is CCOC(=O)CCN(CC1CC1)S(=O)(=O)Cc1ccc(Cl)c(Cl)c1. The van der Waals surface area contributed by atoms with Crippen LogP contribution < -0.4 is 0 Å². The van der Waals surface area contributed by atoms with Crippen LogP contribution in [0.25, 0.3) is 0 Å². The molecular weight excluding hydrogens is 373 g/mol. The molecule has 5 nitrogen and oxygen atoms in total. The topological polar surface area (TPSA) is 63.7 Å². The third kappa shape index (κ3) is 5.92. The summed E-state index contributed by atoms with van der Waals surface area (Å²) < 4.78 is 31.7. The minimum absolute atomic E-state index is 0.0567. The molecule has 0 heterocycles. The summed E-state index contributed by atoms with van der Waals surface area (Å²) in [4.78, 5) is 11.5. The fourth-order valence-electron chi connectivity index (χ4n) is 2.31. The van der Waals surface area contributed by atoms with Gasteiger partial charge in [0.1, 0.15) is 0 Å².